The molecule has 0 amide bonds. The zero-order valence-corrected chi connectivity index (χ0v) is 20.3. The van der Waals surface area contributed by atoms with E-state index in [2.05, 4.69) is 23.9 Å². The number of aromatic nitrogens is 3. The summed E-state index contributed by atoms with van der Waals surface area (Å²) in [6.07, 6.45) is 3.66. The molecule has 1 atom stereocenters. The lowest BCUT2D eigenvalue weighted by molar-refractivity contribution is -0.139. The Bertz CT molecular complexity index is 1390. The van der Waals surface area contributed by atoms with E-state index in [1.54, 1.807) is 24.5 Å². The molecule has 172 valence electrons. The van der Waals surface area contributed by atoms with Crippen molar-refractivity contribution in [2.75, 3.05) is 6.61 Å². The molecule has 0 bridgehead atoms. The lowest BCUT2D eigenvalue weighted by Gasteiger charge is -2.25. The van der Waals surface area contributed by atoms with E-state index in [4.69, 9.17) is 4.74 Å². The number of hydrogen-bond acceptors (Lipinski definition) is 6. The molecule has 0 radical (unpaired) electrons. The molecule has 8 heteroatoms. The van der Waals surface area contributed by atoms with E-state index in [1.165, 1.54) is 16.9 Å². The molecule has 0 aliphatic carbocycles. The molecular formula is C25H28N4O3S. The predicted molar refractivity (Wildman–Crippen MR) is 129 cm³/mol. The molecule has 0 fully saturated rings. The van der Waals surface area contributed by atoms with E-state index < -0.39 is 12.0 Å². The Morgan fingerprint density at radius 3 is 2.55 bits per heavy atom. The summed E-state index contributed by atoms with van der Waals surface area (Å²) in [6, 6.07) is 9.34. The topological polar surface area (TPSA) is 78.5 Å². The molecule has 33 heavy (non-hydrogen) atoms. The fraction of sp³-hybridized carbons (Fsp3) is 0.360. The quantitative estimate of drug-likeness (QED) is 0.525. The van der Waals surface area contributed by atoms with Crippen molar-refractivity contribution in [2.45, 2.75) is 53.1 Å². The van der Waals surface area contributed by atoms with Crippen molar-refractivity contribution < 1.29 is 9.53 Å². The van der Waals surface area contributed by atoms with Crippen LogP contribution in [0.5, 0.6) is 0 Å². The molecule has 0 saturated carbocycles. The maximum Gasteiger partial charge on any atom is 0.338 e. The Kier molecular flexibility index (Phi) is 6.47. The van der Waals surface area contributed by atoms with Gasteiger partial charge < -0.3 is 4.74 Å². The first-order chi connectivity index (χ1) is 15.8. The molecule has 1 aromatic carbocycles. The van der Waals surface area contributed by atoms with Crippen LogP contribution in [0.15, 0.2) is 57.6 Å². The molecule has 4 rings (SSSR count). The van der Waals surface area contributed by atoms with Gasteiger partial charge in [-0.1, -0.05) is 49.4 Å². The fourth-order valence-corrected chi connectivity index (χ4v) is 4.97. The third-order valence-corrected chi connectivity index (χ3v) is 6.68. The molecule has 0 N–H and O–H groups in total. The number of rotatable bonds is 6. The lowest BCUT2D eigenvalue weighted by Crippen LogP contribution is -2.40. The number of hydrogen-bond donors (Lipinski definition) is 0. The highest BCUT2D eigenvalue weighted by atomic mass is 32.1. The Morgan fingerprint density at radius 2 is 1.94 bits per heavy atom. The van der Waals surface area contributed by atoms with Gasteiger partial charge in [-0.15, -0.1) is 0 Å². The molecule has 7 nitrogen and oxygen atoms in total. The van der Waals surface area contributed by atoms with E-state index in [0.29, 0.717) is 32.2 Å². The second-order valence-corrected chi connectivity index (χ2v) is 9.23. The molecular weight excluding hydrogens is 436 g/mol. The number of carbonyl (C=O) groups excluding carboxylic acids is 1. The van der Waals surface area contributed by atoms with Crippen molar-refractivity contribution in [1.82, 2.24) is 14.3 Å². The van der Waals surface area contributed by atoms with E-state index in [0.717, 1.165) is 12.1 Å². The highest BCUT2D eigenvalue weighted by Crippen LogP contribution is 2.31. The van der Waals surface area contributed by atoms with Crippen LogP contribution in [0, 0.1) is 0 Å². The van der Waals surface area contributed by atoms with E-state index in [-0.39, 0.29) is 12.2 Å². The summed E-state index contributed by atoms with van der Waals surface area (Å²) < 4.78 is 9.29. The van der Waals surface area contributed by atoms with Gasteiger partial charge in [-0.3, -0.25) is 14.0 Å². The van der Waals surface area contributed by atoms with Gasteiger partial charge in [0.15, 0.2) is 4.80 Å². The number of fused-ring (bicyclic) bond motifs is 1. The summed E-state index contributed by atoms with van der Waals surface area (Å²) >= 11 is 1.30. The SMILES string of the molecule is CCOC(=O)C1=C(C)N=c2s/c(=C/c3ccn(CC)n3)c(=O)n2[C@H]1c1ccc(C(C)C)cc1. The average Bonchev–Trinajstić information content (AvgIpc) is 3.37. The van der Waals surface area contributed by atoms with Gasteiger partial charge in [-0.2, -0.15) is 5.10 Å². The summed E-state index contributed by atoms with van der Waals surface area (Å²) in [6.45, 7) is 10.8. The minimum atomic E-state index is -0.600. The molecule has 3 aromatic rings. The molecule has 0 saturated heterocycles. The highest BCUT2D eigenvalue weighted by Gasteiger charge is 2.33. The van der Waals surface area contributed by atoms with Crippen LogP contribution >= 0.6 is 11.3 Å². The standard InChI is InChI=1S/C25H28N4O3S/c1-6-28-13-12-19(27-28)14-20-23(30)29-22(18-10-8-17(9-11-18)15(3)4)21(24(31)32-7-2)16(5)26-25(29)33-20/h8-15,22H,6-7H2,1-5H3/b20-14+/t22-/m0/s1. The molecule has 1 aliphatic rings. The van der Waals surface area contributed by atoms with Crippen LogP contribution in [0.25, 0.3) is 6.08 Å². The Morgan fingerprint density at radius 1 is 1.21 bits per heavy atom. The summed E-state index contributed by atoms with van der Waals surface area (Å²) in [7, 11) is 0. The van der Waals surface area contributed by atoms with Gasteiger partial charge in [0, 0.05) is 12.7 Å². The Balaban J connectivity index is 1.91. The average molecular weight is 465 g/mol. The number of benzene rings is 1. The number of ether oxygens (including phenoxy) is 1. The maximum atomic E-state index is 13.6. The third kappa shape index (κ3) is 4.35. The van der Waals surface area contributed by atoms with Crippen LogP contribution in [0.1, 0.15) is 63.4 Å². The number of esters is 1. The monoisotopic (exact) mass is 464 g/mol. The first-order valence-corrected chi connectivity index (χ1v) is 12.0. The van der Waals surface area contributed by atoms with Gasteiger partial charge in [0.1, 0.15) is 0 Å². The molecule has 2 aromatic heterocycles. The minimum absolute atomic E-state index is 0.197. The van der Waals surface area contributed by atoms with Crippen LogP contribution in [0.4, 0.5) is 0 Å². The number of aryl methyl sites for hydroxylation is 1. The number of thiazole rings is 1. The Hall–Kier alpha value is -3.26. The summed E-state index contributed by atoms with van der Waals surface area (Å²) in [5.74, 6) is -0.0709. The minimum Gasteiger partial charge on any atom is -0.463 e. The normalized spacial score (nSPS) is 16.2. The maximum absolute atomic E-state index is 13.6. The van der Waals surface area contributed by atoms with Crippen LogP contribution < -0.4 is 14.9 Å². The van der Waals surface area contributed by atoms with Crippen LogP contribution in [-0.2, 0) is 16.1 Å². The third-order valence-electron chi connectivity index (χ3n) is 5.70. The van der Waals surface area contributed by atoms with E-state index >= 15 is 0 Å². The van der Waals surface area contributed by atoms with Gasteiger partial charge in [0.05, 0.1) is 34.1 Å². The second kappa shape index (κ2) is 9.31. The van der Waals surface area contributed by atoms with E-state index in [9.17, 15) is 9.59 Å². The Labute approximate surface area is 196 Å². The molecule has 0 unspecified atom stereocenters. The van der Waals surface area contributed by atoms with Crippen molar-refractivity contribution in [3.63, 3.8) is 0 Å². The second-order valence-electron chi connectivity index (χ2n) is 8.22. The van der Waals surface area contributed by atoms with Gasteiger partial charge >= 0.3 is 5.97 Å². The van der Waals surface area contributed by atoms with Crippen LogP contribution in [0.3, 0.4) is 0 Å². The molecule has 0 spiro atoms. The summed E-state index contributed by atoms with van der Waals surface area (Å²) in [5.41, 5.74) is 3.51. The van der Waals surface area contributed by atoms with Gasteiger partial charge in [0.2, 0.25) is 0 Å². The van der Waals surface area contributed by atoms with Crippen LogP contribution in [0.2, 0.25) is 0 Å². The van der Waals surface area contributed by atoms with Crippen molar-refractivity contribution in [1.29, 1.82) is 0 Å². The van der Waals surface area contributed by atoms with Crippen molar-refractivity contribution in [3.05, 3.63) is 84.3 Å². The summed E-state index contributed by atoms with van der Waals surface area (Å²) in [5, 5.41) is 4.46. The molecule has 3 heterocycles. The first-order valence-electron chi connectivity index (χ1n) is 11.2. The highest BCUT2D eigenvalue weighted by molar-refractivity contribution is 7.07. The number of carbonyl (C=O) groups is 1. The van der Waals surface area contributed by atoms with Crippen LogP contribution in [-0.4, -0.2) is 26.9 Å². The largest absolute Gasteiger partial charge is 0.463 e. The number of allylic oxidation sites excluding steroid dienone is 1. The molecule has 1 aliphatic heterocycles. The van der Waals surface area contributed by atoms with Gasteiger partial charge in [0.25, 0.3) is 5.56 Å². The van der Waals surface area contributed by atoms with Crippen molar-refractivity contribution in [2.24, 2.45) is 4.99 Å². The predicted octanol–water partition coefficient (Wildman–Crippen LogP) is 3.14. The lowest BCUT2D eigenvalue weighted by atomic mass is 9.93. The zero-order valence-electron chi connectivity index (χ0n) is 19.5. The van der Waals surface area contributed by atoms with Crippen molar-refractivity contribution >= 4 is 23.4 Å². The fourth-order valence-electron chi connectivity index (χ4n) is 3.93. The van der Waals surface area contributed by atoms with Gasteiger partial charge in [-0.25, -0.2) is 9.79 Å². The van der Waals surface area contributed by atoms with Gasteiger partial charge in [-0.05, 0) is 50.0 Å². The zero-order chi connectivity index (χ0) is 23.7. The smallest absolute Gasteiger partial charge is 0.338 e. The summed E-state index contributed by atoms with van der Waals surface area (Å²) in [4.78, 5) is 31.7. The number of nitrogens with zero attached hydrogens (tertiary/aromatic N) is 4. The van der Waals surface area contributed by atoms with E-state index in [1.807, 2.05) is 48.1 Å². The first kappa shape index (κ1) is 22.9. The van der Waals surface area contributed by atoms with Crippen molar-refractivity contribution in [3.8, 4) is 0 Å².